The van der Waals surface area contributed by atoms with Crippen LogP contribution >= 0.6 is 0 Å². The second kappa shape index (κ2) is 9.27. The molecule has 1 aromatic carbocycles. The van der Waals surface area contributed by atoms with Gasteiger partial charge < -0.3 is 25.2 Å². The number of nitrogens with zero attached hydrogens (tertiary/aromatic N) is 1. The van der Waals surface area contributed by atoms with Gasteiger partial charge in [-0.05, 0) is 38.5 Å². The van der Waals surface area contributed by atoms with Crippen molar-refractivity contribution in [1.82, 2.24) is 5.32 Å². The van der Waals surface area contributed by atoms with Crippen molar-refractivity contribution in [2.24, 2.45) is 0 Å². The van der Waals surface area contributed by atoms with Crippen LogP contribution in [0.5, 0.6) is 5.75 Å². The number of aliphatic hydroxyl groups excluding tert-OH is 1. The van der Waals surface area contributed by atoms with Crippen LogP contribution in [0.15, 0.2) is 18.2 Å². The number of carboxylic acid groups (broad SMARTS) is 1. The summed E-state index contributed by atoms with van der Waals surface area (Å²) in [6, 6.07) is 5.82. The van der Waals surface area contributed by atoms with E-state index in [9.17, 15) is 9.90 Å². The summed E-state index contributed by atoms with van der Waals surface area (Å²) < 4.78 is 5.88. The van der Waals surface area contributed by atoms with Gasteiger partial charge >= 0.3 is 5.97 Å². The Morgan fingerprint density at radius 3 is 2.68 bits per heavy atom. The van der Waals surface area contributed by atoms with Crippen LogP contribution < -0.4 is 15.0 Å². The van der Waals surface area contributed by atoms with Crippen molar-refractivity contribution in [2.75, 3.05) is 31.1 Å². The van der Waals surface area contributed by atoms with Gasteiger partial charge in [0.15, 0.2) is 0 Å². The fraction of sp³-hybridized carbons (Fsp3) is 0.562. The number of aliphatic hydroxyl groups is 1. The van der Waals surface area contributed by atoms with Crippen molar-refractivity contribution in [1.29, 1.82) is 0 Å². The maximum atomic E-state index is 10.5. The van der Waals surface area contributed by atoms with Crippen molar-refractivity contribution in [2.45, 2.75) is 33.4 Å². The highest BCUT2D eigenvalue weighted by molar-refractivity contribution is 5.69. The molecule has 0 heterocycles. The Kier molecular flexibility index (Phi) is 7.70. The van der Waals surface area contributed by atoms with Gasteiger partial charge in [-0.1, -0.05) is 6.07 Å². The fourth-order valence-electron chi connectivity index (χ4n) is 2.16. The summed E-state index contributed by atoms with van der Waals surface area (Å²) in [6.07, 6.45) is 0.0359. The first-order valence-electron chi connectivity index (χ1n) is 7.55. The zero-order valence-electron chi connectivity index (χ0n) is 13.5. The van der Waals surface area contributed by atoms with Gasteiger partial charge in [0.05, 0.1) is 24.9 Å². The number of hydrogen-bond acceptors (Lipinski definition) is 5. The lowest BCUT2D eigenvalue weighted by molar-refractivity contribution is -0.135. The highest BCUT2D eigenvalue weighted by atomic mass is 16.5. The van der Waals surface area contributed by atoms with E-state index in [2.05, 4.69) is 5.32 Å². The number of likely N-dealkylation sites (N-methyl/N-ethyl adjacent to an activating group) is 1. The van der Waals surface area contributed by atoms with Crippen LogP contribution in [0.4, 0.5) is 5.69 Å². The Morgan fingerprint density at radius 2 is 2.14 bits per heavy atom. The van der Waals surface area contributed by atoms with E-state index in [1.54, 1.807) is 0 Å². The Labute approximate surface area is 131 Å². The fourth-order valence-corrected chi connectivity index (χ4v) is 2.16. The lowest BCUT2D eigenvalue weighted by Gasteiger charge is -2.26. The molecule has 0 spiro atoms. The second-order valence-corrected chi connectivity index (χ2v) is 5.27. The zero-order valence-corrected chi connectivity index (χ0v) is 13.5. The molecule has 124 valence electrons. The molecule has 0 bridgehead atoms. The van der Waals surface area contributed by atoms with Crippen molar-refractivity contribution in [3.63, 3.8) is 0 Å². The summed E-state index contributed by atoms with van der Waals surface area (Å²) >= 11 is 0. The smallest absolute Gasteiger partial charge is 0.317 e. The van der Waals surface area contributed by atoms with Crippen LogP contribution in [0.3, 0.4) is 0 Å². The second-order valence-electron chi connectivity index (χ2n) is 5.27. The summed E-state index contributed by atoms with van der Waals surface area (Å²) in [6.45, 7) is 7.73. The van der Waals surface area contributed by atoms with Crippen LogP contribution in [0.1, 0.15) is 26.3 Å². The predicted molar refractivity (Wildman–Crippen MR) is 86.5 cm³/mol. The quantitative estimate of drug-likeness (QED) is 0.607. The molecule has 0 aliphatic carbocycles. The molecule has 0 saturated heterocycles. The van der Waals surface area contributed by atoms with Crippen molar-refractivity contribution in [3.05, 3.63) is 23.8 Å². The number of aliphatic carboxylic acids is 1. The van der Waals surface area contributed by atoms with E-state index >= 15 is 0 Å². The number of nitrogens with one attached hydrogen (secondary N) is 1. The molecule has 0 atom stereocenters. The average molecular weight is 310 g/mol. The maximum absolute atomic E-state index is 10.5. The van der Waals surface area contributed by atoms with E-state index in [0.29, 0.717) is 13.1 Å². The summed E-state index contributed by atoms with van der Waals surface area (Å²) in [5.74, 6) is -0.129. The Morgan fingerprint density at radius 1 is 1.41 bits per heavy atom. The molecule has 6 nitrogen and oxygen atoms in total. The number of rotatable bonds is 10. The number of carboxylic acids is 1. The van der Waals surface area contributed by atoms with Crippen LogP contribution in [0.25, 0.3) is 0 Å². The standard InChI is InChI=1S/C16H26N2O4/c1-4-18(7-8-19)14-6-5-13(10-17-11-16(20)21)9-15(14)22-12(2)3/h5-6,9,12,17,19H,4,7-8,10-11H2,1-3H3,(H,20,21). The minimum absolute atomic E-state index is 0.0359. The van der Waals surface area contributed by atoms with Crippen molar-refractivity contribution in [3.8, 4) is 5.75 Å². The lowest BCUT2D eigenvalue weighted by Crippen LogP contribution is -2.27. The minimum Gasteiger partial charge on any atom is -0.489 e. The van der Waals surface area contributed by atoms with Gasteiger partial charge in [0.1, 0.15) is 5.75 Å². The molecule has 0 saturated carbocycles. The van der Waals surface area contributed by atoms with Crippen LogP contribution in [-0.4, -0.2) is 48.5 Å². The number of hydrogen-bond donors (Lipinski definition) is 3. The molecule has 6 heteroatoms. The van der Waals surface area contributed by atoms with E-state index < -0.39 is 5.97 Å². The van der Waals surface area contributed by atoms with Gasteiger partial charge in [-0.2, -0.15) is 0 Å². The van der Waals surface area contributed by atoms with Crippen molar-refractivity contribution < 1.29 is 19.7 Å². The first-order chi connectivity index (χ1) is 10.5. The monoisotopic (exact) mass is 310 g/mol. The molecule has 1 rings (SSSR count). The van der Waals surface area contributed by atoms with E-state index in [-0.39, 0.29) is 19.3 Å². The summed E-state index contributed by atoms with van der Waals surface area (Å²) in [4.78, 5) is 12.6. The third-order valence-corrected chi connectivity index (χ3v) is 3.08. The molecule has 22 heavy (non-hydrogen) atoms. The first kappa shape index (κ1) is 18.3. The summed E-state index contributed by atoms with van der Waals surface area (Å²) in [7, 11) is 0. The van der Waals surface area contributed by atoms with Gasteiger partial charge in [0, 0.05) is 19.6 Å². The molecule has 0 aliphatic rings. The summed E-state index contributed by atoms with van der Waals surface area (Å²) in [5.41, 5.74) is 1.90. The van der Waals surface area contributed by atoms with Gasteiger partial charge in [0.25, 0.3) is 0 Å². The SMILES string of the molecule is CCN(CCO)c1ccc(CNCC(=O)O)cc1OC(C)C. The molecule has 1 aromatic rings. The Bertz CT molecular complexity index is 477. The zero-order chi connectivity index (χ0) is 16.5. The molecule has 0 radical (unpaired) electrons. The molecule has 0 aliphatic heterocycles. The largest absolute Gasteiger partial charge is 0.489 e. The molecule has 0 amide bonds. The van der Waals surface area contributed by atoms with Crippen LogP contribution in [0.2, 0.25) is 0 Å². The van der Waals surface area contributed by atoms with E-state index in [1.807, 2.05) is 43.9 Å². The molecule has 0 aromatic heterocycles. The topological polar surface area (TPSA) is 82.0 Å². The molecule has 0 unspecified atom stereocenters. The molecule has 3 N–H and O–H groups in total. The van der Waals surface area contributed by atoms with E-state index in [0.717, 1.165) is 23.5 Å². The maximum Gasteiger partial charge on any atom is 0.317 e. The predicted octanol–water partition coefficient (Wildman–Crippen LogP) is 1.47. The molecular formula is C16H26N2O4. The highest BCUT2D eigenvalue weighted by Gasteiger charge is 2.13. The Hall–Kier alpha value is -1.79. The third-order valence-electron chi connectivity index (χ3n) is 3.08. The average Bonchev–Trinajstić information content (AvgIpc) is 2.44. The molecule has 0 fully saturated rings. The molecular weight excluding hydrogens is 284 g/mol. The van der Waals surface area contributed by atoms with E-state index in [4.69, 9.17) is 9.84 Å². The Balaban J connectivity index is 2.94. The number of carbonyl (C=O) groups is 1. The summed E-state index contributed by atoms with van der Waals surface area (Å²) in [5, 5.41) is 20.7. The highest BCUT2D eigenvalue weighted by Crippen LogP contribution is 2.30. The van der Waals surface area contributed by atoms with Gasteiger partial charge in [-0.15, -0.1) is 0 Å². The lowest BCUT2D eigenvalue weighted by atomic mass is 10.1. The van der Waals surface area contributed by atoms with Crippen LogP contribution in [-0.2, 0) is 11.3 Å². The third kappa shape index (κ3) is 5.91. The number of anilines is 1. The van der Waals surface area contributed by atoms with Gasteiger partial charge in [-0.3, -0.25) is 4.79 Å². The number of benzene rings is 1. The normalized spacial score (nSPS) is 10.8. The number of ether oxygens (including phenoxy) is 1. The van der Waals surface area contributed by atoms with E-state index in [1.165, 1.54) is 0 Å². The van der Waals surface area contributed by atoms with Gasteiger partial charge in [-0.25, -0.2) is 0 Å². The van der Waals surface area contributed by atoms with Gasteiger partial charge in [0.2, 0.25) is 0 Å². The minimum atomic E-state index is -0.879. The van der Waals surface area contributed by atoms with Crippen molar-refractivity contribution >= 4 is 11.7 Å². The first-order valence-corrected chi connectivity index (χ1v) is 7.55. The van der Waals surface area contributed by atoms with Crippen LogP contribution in [0, 0.1) is 0 Å².